The average Bonchev–Trinajstić information content (AvgIpc) is 2.71. The molecule has 17 heavy (non-hydrogen) atoms. The number of hydrogen-bond acceptors (Lipinski definition) is 3. The first-order valence-electron chi connectivity index (χ1n) is 5.25. The number of anilines is 1. The van der Waals surface area contributed by atoms with Gasteiger partial charge in [-0.3, -0.25) is 14.5 Å². The summed E-state index contributed by atoms with van der Waals surface area (Å²) in [5, 5.41) is 8.80. The fourth-order valence-corrected chi connectivity index (χ4v) is 2.00. The predicted octanol–water partition coefficient (Wildman–Crippen LogP) is 0.539. The Labute approximate surface area is 98.4 Å². The first kappa shape index (κ1) is 11.1. The van der Waals surface area contributed by atoms with Gasteiger partial charge in [-0.15, -0.1) is 0 Å². The minimum Gasteiger partial charge on any atom is -0.368 e. The molecule has 1 aliphatic heterocycles. The molecule has 1 saturated heterocycles. The summed E-state index contributed by atoms with van der Waals surface area (Å²) in [6.07, 6.45) is 0.745. The van der Waals surface area contributed by atoms with Crippen LogP contribution in [0.1, 0.15) is 18.4 Å². The Bertz CT molecular complexity index is 519. The van der Waals surface area contributed by atoms with E-state index in [0.717, 1.165) is 0 Å². The minimum absolute atomic E-state index is 0.135. The molecule has 1 heterocycles. The molecule has 86 valence electrons. The zero-order valence-electron chi connectivity index (χ0n) is 9.09. The lowest BCUT2D eigenvalue weighted by atomic mass is 10.1. The van der Waals surface area contributed by atoms with Crippen LogP contribution in [0, 0.1) is 11.3 Å². The Kier molecular flexibility index (Phi) is 2.79. The van der Waals surface area contributed by atoms with Crippen LogP contribution in [-0.4, -0.2) is 17.9 Å². The largest absolute Gasteiger partial charge is 0.368 e. The zero-order valence-corrected chi connectivity index (χ0v) is 9.09. The van der Waals surface area contributed by atoms with E-state index in [1.165, 1.54) is 4.90 Å². The highest BCUT2D eigenvalue weighted by molar-refractivity contribution is 6.03. The monoisotopic (exact) mass is 229 g/mol. The number of benzene rings is 1. The number of carbonyl (C=O) groups is 2. The van der Waals surface area contributed by atoms with Crippen LogP contribution in [0.5, 0.6) is 0 Å². The van der Waals surface area contributed by atoms with Gasteiger partial charge in [0.1, 0.15) is 6.04 Å². The average molecular weight is 229 g/mol. The summed E-state index contributed by atoms with van der Waals surface area (Å²) in [6.45, 7) is 0. The van der Waals surface area contributed by atoms with Gasteiger partial charge in [0.15, 0.2) is 0 Å². The van der Waals surface area contributed by atoms with E-state index >= 15 is 0 Å². The Morgan fingerprint density at radius 3 is 2.94 bits per heavy atom. The standard InChI is InChI=1S/C12H11N3O2/c13-7-8-2-1-3-9(6-8)15-10(12(14)17)4-5-11(15)16/h1-3,6,10H,4-5H2,(H2,14,17)/t10-/m0/s1. The second-order valence-corrected chi connectivity index (χ2v) is 3.88. The van der Waals surface area contributed by atoms with Crippen LogP contribution in [0.25, 0.3) is 0 Å². The van der Waals surface area contributed by atoms with Crippen molar-refractivity contribution >= 4 is 17.5 Å². The number of primary amides is 1. The normalized spacial score (nSPS) is 19.1. The van der Waals surface area contributed by atoms with Gasteiger partial charge in [-0.05, 0) is 24.6 Å². The smallest absolute Gasteiger partial charge is 0.240 e. The molecular weight excluding hydrogens is 218 g/mol. The highest BCUT2D eigenvalue weighted by Gasteiger charge is 2.35. The van der Waals surface area contributed by atoms with Gasteiger partial charge < -0.3 is 5.73 Å². The maximum absolute atomic E-state index is 11.7. The molecule has 1 aromatic rings. The van der Waals surface area contributed by atoms with Crippen LogP contribution < -0.4 is 10.6 Å². The third kappa shape index (κ3) is 1.97. The van der Waals surface area contributed by atoms with E-state index in [4.69, 9.17) is 11.0 Å². The predicted molar refractivity (Wildman–Crippen MR) is 60.9 cm³/mol. The van der Waals surface area contributed by atoms with Gasteiger partial charge in [0.2, 0.25) is 11.8 Å². The van der Waals surface area contributed by atoms with Gasteiger partial charge >= 0.3 is 0 Å². The Morgan fingerprint density at radius 1 is 1.53 bits per heavy atom. The van der Waals surface area contributed by atoms with Crippen LogP contribution in [0.15, 0.2) is 24.3 Å². The summed E-state index contributed by atoms with van der Waals surface area (Å²) in [5.74, 6) is -0.651. The van der Waals surface area contributed by atoms with Crippen LogP contribution in [0.2, 0.25) is 0 Å². The number of carbonyl (C=O) groups excluding carboxylic acids is 2. The summed E-state index contributed by atoms with van der Waals surface area (Å²) in [7, 11) is 0. The summed E-state index contributed by atoms with van der Waals surface area (Å²) >= 11 is 0. The molecule has 2 amide bonds. The van der Waals surface area contributed by atoms with Crippen molar-refractivity contribution in [3.63, 3.8) is 0 Å². The van der Waals surface area contributed by atoms with Gasteiger partial charge in [0.05, 0.1) is 11.6 Å². The fraction of sp³-hybridized carbons (Fsp3) is 0.250. The van der Waals surface area contributed by atoms with Crippen molar-refractivity contribution in [3.8, 4) is 6.07 Å². The number of hydrogen-bond donors (Lipinski definition) is 1. The maximum atomic E-state index is 11.7. The number of nitriles is 1. The van der Waals surface area contributed by atoms with Crippen molar-refractivity contribution < 1.29 is 9.59 Å². The van der Waals surface area contributed by atoms with Gasteiger partial charge in [-0.1, -0.05) is 6.07 Å². The summed E-state index contributed by atoms with van der Waals surface area (Å²) < 4.78 is 0. The van der Waals surface area contributed by atoms with Crippen LogP contribution in [-0.2, 0) is 9.59 Å². The summed E-state index contributed by atoms with van der Waals surface area (Å²) in [5.41, 5.74) is 6.26. The molecular formula is C12H11N3O2. The van der Waals surface area contributed by atoms with E-state index in [1.54, 1.807) is 24.3 Å². The fourth-order valence-electron chi connectivity index (χ4n) is 2.00. The molecule has 0 bridgehead atoms. The number of amides is 2. The van der Waals surface area contributed by atoms with E-state index in [1.807, 2.05) is 6.07 Å². The van der Waals surface area contributed by atoms with Gasteiger partial charge in [-0.2, -0.15) is 5.26 Å². The van der Waals surface area contributed by atoms with E-state index in [9.17, 15) is 9.59 Å². The molecule has 2 rings (SSSR count). The highest BCUT2D eigenvalue weighted by atomic mass is 16.2. The molecule has 5 heteroatoms. The van der Waals surface area contributed by atoms with Crippen molar-refractivity contribution in [2.75, 3.05) is 4.90 Å². The first-order valence-corrected chi connectivity index (χ1v) is 5.25. The lowest BCUT2D eigenvalue weighted by Crippen LogP contribution is -2.42. The molecule has 1 fully saturated rings. The van der Waals surface area contributed by atoms with E-state index < -0.39 is 11.9 Å². The third-order valence-corrected chi connectivity index (χ3v) is 2.79. The van der Waals surface area contributed by atoms with Crippen LogP contribution in [0.4, 0.5) is 5.69 Å². The lowest BCUT2D eigenvalue weighted by molar-refractivity contribution is -0.121. The zero-order chi connectivity index (χ0) is 12.4. The molecule has 0 spiro atoms. The molecule has 0 radical (unpaired) electrons. The van der Waals surface area contributed by atoms with Gasteiger partial charge in [0, 0.05) is 12.1 Å². The second-order valence-electron chi connectivity index (χ2n) is 3.88. The van der Waals surface area contributed by atoms with Crippen molar-refractivity contribution in [2.24, 2.45) is 5.73 Å². The van der Waals surface area contributed by atoms with Crippen molar-refractivity contribution in [1.82, 2.24) is 0 Å². The molecule has 0 unspecified atom stereocenters. The lowest BCUT2D eigenvalue weighted by Gasteiger charge is -2.22. The molecule has 0 aliphatic carbocycles. The highest BCUT2D eigenvalue weighted by Crippen LogP contribution is 2.26. The maximum Gasteiger partial charge on any atom is 0.240 e. The van der Waals surface area contributed by atoms with E-state index in [0.29, 0.717) is 24.1 Å². The molecule has 1 aliphatic rings. The second kappa shape index (κ2) is 4.26. The quantitative estimate of drug-likeness (QED) is 0.802. The molecule has 1 atom stereocenters. The van der Waals surface area contributed by atoms with Crippen LogP contribution >= 0.6 is 0 Å². The third-order valence-electron chi connectivity index (χ3n) is 2.79. The van der Waals surface area contributed by atoms with E-state index in [-0.39, 0.29) is 5.91 Å². The number of rotatable bonds is 2. The van der Waals surface area contributed by atoms with Crippen molar-refractivity contribution in [2.45, 2.75) is 18.9 Å². The molecule has 1 aromatic carbocycles. The summed E-state index contributed by atoms with van der Waals surface area (Å²) in [6, 6.07) is 7.99. The van der Waals surface area contributed by atoms with Crippen LogP contribution in [0.3, 0.4) is 0 Å². The number of nitrogens with zero attached hydrogens (tertiary/aromatic N) is 2. The van der Waals surface area contributed by atoms with Gasteiger partial charge in [-0.25, -0.2) is 0 Å². The first-order chi connectivity index (χ1) is 8.13. The van der Waals surface area contributed by atoms with Crippen molar-refractivity contribution in [1.29, 1.82) is 5.26 Å². The molecule has 0 aromatic heterocycles. The minimum atomic E-state index is -0.601. The van der Waals surface area contributed by atoms with Crippen molar-refractivity contribution in [3.05, 3.63) is 29.8 Å². The molecule has 5 nitrogen and oxygen atoms in total. The summed E-state index contributed by atoms with van der Waals surface area (Å²) in [4.78, 5) is 24.4. The molecule has 0 saturated carbocycles. The molecule has 2 N–H and O–H groups in total. The number of nitrogens with two attached hydrogens (primary N) is 1. The Hall–Kier alpha value is -2.35. The van der Waals surface area contributed by atoms with Gasteiger partial charge in [0.25, 0.3) is 0 Å². The Morgan fingerprint density at radius 2 is 2.29 bits per heavy atom. The Balaban J connectivity index is 2.40. The topological polar surface area (TPSA) is 87.2 Å². The SMILES string of the molecule is N#Cc1cccc(N2C(=O)CC[C@H]2C(N)=O)c1. The van der Waals surface area contributed by atoms with E-state index in [2.05, 4.69) is 0 Å².